The molecule has 0 fully saturated rings. The summed E-state index contributed by atoms with van der Waals surface area (Å²) in [6.45, 7) is 5.89. The first-order chi connectivity index (χ1) is 4.31. The van der Waals surface area contributed by atoms with Crippen LogP contribution in [0, 0.1) is 0 Å². The van der Waals surface area contributed by atoms with E-state index in [1.165, 1.54) is 5.57 Å². The molecule has 0 saturated heterocycles. The van der Waals surface area contributed by atoms with Crippen LogP contribution in [0.1, 0.15) is 19.8 Å². The second kappa shape index (κ2) is 5.57. The number of rotatable bonds is 4. The predicted molar refractivity (Wildman–Crippen MR) is 40.3 cm³/mol. The molecule has 0 aromatic carbocycles. The third kappa shape index (κ3) is 5.31. The fraction of sp³-hybridized carbons (Fsp3) is 0.500. The summed E-state index contributed by atoms with van der Waals surface area (Å²) in [6.07, 6.45) is 5.57. The van der Waals surface area contributed by atoms with Gasteiger partial charge in [-0.3, -0.25) is 0 Å². The Morgan fingerprint density at radius 2 is 2.33 bits per heavy atom. The molecule has 0 radical (unpaired) electrons. The van der Waals surface area contributed by atoms with Crippen LogP contribution in [0.4, 0.5) is 0 Å². The lowest BCUT2D eigenvalue weighted by molar-refractivity contribution is 0.288. The van der Waals surface area contributed by atoms with E-state index in [9.17, 15) is 0 Å². The van der Waals surface area contributed by atoms with Crippen molar-refractivity contribution in [1.82, 2.24) is 0 Å². The van der Waals surface area contributed by atoms with Crippen LogP contribution in [0.5, 0.6) is 0 Å². The van der Waals surface area contributed by atoms with Gasteiger partial charge in [-0.25, -0.2) is 0 Å². The molecule has 0 bridgehead atoms. The van der Waals surface area contributed by atoms with E-state index in [4.69, 9.17) is 5.11 Å². The largest absolute Gasteiger partial charge is 0.396 e. The van der Waals surface area contributed by atoms with Crippen molar-refractivity contribution in [3.8, 4) is 0 Å². The van der Waals surface area contributed by atoms with Crippen LogP contribution in [0.25, 0.3) is 0 Å². The average molecular weight is 126 g/mol. The van der Waals surface area contributed by atoms with Crippen LogP contribution >= 0.6 is 0 Å². The van der Waals surface area contributed by atoms with Gasteiger partial charge in [-0.15, -0.1) is 0 Å². The lowest BCUT2D eigenvalue weighted by atomic mass is 10.1. The highest BCUT2D eigenvalue weighted by molar-refractivity contribution is 5.07. The van der Waals surface area contributed by atoms with E-state index in [0.717, 1.165) is 12.8 Å². The lowest BCUT2D eigenvalue weighted by Gasteiger charge is -1.94. The Labute approximate surface area is 56.7 Å². The van der Waals surface area contributed by atoms with E-state index in [1.807, 2.05) is 13.0 Å². The summed E-state index contributed by atoms with van der Waals surface area (Å²) in [5.41, 5.74) is 1.28. The van der Waals surface area contributed by atoms with E-state index >= 15 is 0 Å². The molecule has 0 aliphatic rings. The standard InChI is InChI=1S/C8H14O/c1-3-5-8(2)6-4-7-9/h3,5,9H,1,4,6-7H2,2H3/b8-5-. The SMILES string of the molecule is C=C/C=C(/C)CCCO. The predicted octanol–water partition coefficient (Wildman–Crippen LogP) is 1.89. The first-order valence-corrected chi connectivity index (χ1v) is 3.20. The molecular formula is C8H14O. The van der Waals surface area contributed by atoms with E-state index in [-0.39, 0.29) is 6.61 Å². The molecule has 0 heterocycles. The Morgan fingerprint density at radius 1 is 1.67 bits per heavy atom. The maximum Gasteiger partial charge on any atom is 0.0434 e. The van der Waals surface area contributed by atoms with E-state index in [0.29, 0.717) is 0 Å². The highest BCUT2D eigenvalue weighted by Crippen LogP contribution is 2.01. The molecule has 52 valence electrons. The molecular weight excluding hydrogens is 112 g/mol. The van der Waals surface area contributed by atoms with Gasteiger partial charge >= 0.3 is 0 Å². The molecule has 1 N–H and O–H groups in total. The van der Waals surface area contributed by atoms with Crippen molar-refractivity contribution in [2.75, 3.05) is 6.61 Å². The third-order valence-electron chi connectivity index (χ3n) is 1.13. The topological polar surface area (TPSA) is 20.2 Å². The fourth-order valence-electron chi connectivity index (χ4n) is 0.642. The number of aliphatic hydroxyl groups excluding tert-OH is 1. The van der Waals surface area contributed by atoms with Crippen molar-refractivity contribution in [2.45, 2.75) is 19.8 Å². The zero-order valence-electron chi connectivity index (χ0n) is 5.93. The van der Waals surface area contributed by atoms with Gasteiger partial charge in [0, 0.05) is 6.61 Å². The van der Waals surface area contributed by atoms with Gasteiger partial charge < -0.3 is 5.11 Å². The number of hydrogen-bond acceptors (Lipinski definition) is 1. The van der Waals surface area contributed by atoms with Crippen LogP contribution in [-0.4, -0.2) is 11.7 Å². The molecule has 0 aliphatic carbocycles. The quantitative estimate of drug-likeness (QED) is 0.570. The summed E-state index contributed by atoms with van der Waals surface area (Å²) in [5.74, 6) is 0. The number of allylic oxidation sites excluding steroid dienone is 3. The Balaban J connectivity index is 3.36. The van der Waals surface area contributed by atoms with Gasteiger partial charge in [-0.05, 0) is 19.8 Å². The van der Waals surface area contributed by atoms with Crippen molar-refractivity contribution in [3.05, 3.63) is 24.3 Å². The average Bonchev–Trinajstić information content (AvgIpc) is 1.85. The van der Waals surface area contributed by atoms with Gasteiger partial charge in [0.25, 0.3) is 0 Å². The molecule has 0 spiro atoms. The Morgan fingerprint density at radius 3 is 2.78 bits per heavy atom. The van der Waals surface area contributed by atoms with Crippen molar-refractivity contribution in [1.29, 1.82) is 0 Å². The summed E-state index contributed by atoms with van der Waals surface area (Å²) >= 11 is 0. The zero-order chi connectivity index (χ0) is 7.11. The van der Waals surface area contributed by atoms with Crippen molar-refractivity contribution >= 4 is 0 Å². The minimum Gasteiger partial charge on any atom is -0.396 e. The summed E-state index contributed by atoms with van der Waals surface area (Å²) in [7, 11) is 0. The van der Waals surface area contributed by atoms with E-state index in [2.05, 4.69) is 6.58 Å². The van der Waals surface area contributed by atoms with Gasteiger partial charge in [-0.2, -0.15) is 0 Å². The monoisotopic (exact) mass is 126 g/mol. The van der Waals surface area contributed by atoms with Crippen molar-refractivity contribution in [3.63, 3.8) is 0 Å². The van der Waals surface area contributed by atoms with Gasteiger partial charge in [0.15, 0.2) is 0 Å². The van der Waals surface area contributed by atoms with E-state index < -0.39 is 0 Å². The molecule has 0 aliphatic heterocycles. The maximum absolute atomic E-state index is 8.43. The smallest absolute Gasteiger partial charge is 0.0434 e. The minimum atomic E-state index is 0.280. The third-order valence-corrected chi connectivity index (χ3v) is 1.13. The molecule has 9 heavy (non-hydrogen) atoms. The van der Waals surface area contributed by atoms with Gasteiger partial charge in [0.2, 0.25) is 0 Å². The highest BCUT2D eigenvalue weighted by Gasteiger charge is 1.85. The van der Waals surface area contributed by atoms with Crippen LogP contribution < -0.4 is 0 Å². The molecule has 0 atom stereocenters. The van der Waals surface area contributed by atoms with Gasteiger partial charge in [0.05, 0.1) is 0 Å². The van der Waals surface area contributed by atoms with Gasteiger partial charge in [0.1, 0.15) is 0 Å². The zero-order valence-corrected chi connectivity index (χ0v) is 5.93. The summed E-state index contributed by atoms with van der Waals surface area (Å²) in [6, 6.07) is 0. The normalized spacial score (nSPS) is 11.6. The summed E-state index contributed by atoms with van der Waals surface area (Å²) < 4.78 is 0. The molecule has 0 aromatic rings. The highest BCUT2D eigenvalue weighted by atomic mass is 16.2. The van der Waals surface area contributed by atoms with Crippen LogP contribution in [-0.2, 0) is 0 Å². The first-order valence-electron chi connectivity index (χ1n) is 3.20. The summed E-state index contributed by atoms with van der Waals surface area (Å²) in [4.78, 5) is 0. The fourth-order valence-corrected chi connectivity index (χ4v) is 0.642. The number of aliphatic hydroxyl groups is 1. The molecule has 0 unspecified atom stereocenters. The Kier molecular flexibility index (Phi) is 5.23. The Hall–Kier alpha value is -0.560. The van der Waals surface area contributed by atoms with Crippen molar-refractivity contribution < 1.29 is 5.11 Å². The summed E-state index contributed by atoms with van der Waals surface area (Å²) in [5, 5.41) is 8.43. The van der Waals surface area contributed by atoms with E-state index in [1.54, 1.807) is 6.08 Å². The Bertz CT molecular complexity index is 103. The van der Waals surface area contributed by atoms with Crippen LogP contribution in [0.15, 0.2) is 24.3 Å². The van der Waals surface area contributed by atoms with Crippen LogP contribution in [0.2, 0.25) is 0 Å². The first kappa shape index (κ1) is 8.44. The molecule has 0 amide bonds. The molecule has 1 nitrogen and oxygen atoms in total. The minimum absolute atomic E-state index is 0.280. The second-order valence-electron chi connectivity index (χ2n) is 2.08. The number of hydrogen-bond donors (Lipinski definition) is 1. The maximum atomic E-state index is 8.43. The molecule has 0 rings (SSSR count). The molecule has 0 aromatic heterocycles. The second-order valence-corrected chi connectivity index (χ2v) is 2.08. The van der Waals surface area contributed by atoms with Crippen molar-refractivity contribution in [2.24, 2.45) is 0 Å². The lowest BCUT2D eigenvalue weighted by Crippen LogP contribution is -1.82. The van der Waals surface area contributed by atoms with Gasteiger partial charge in [-0.1, -0.05) is 24.3 Å². The molecule has 0 saturated carbocycles. The molecule has 1 heteroatoms. The van der Waals surface area contributed by atoms with Crippen LogP contribution in [0.3, 0.4) is 0 Å².